The Morgan fingerprint density at radius 2 is 1.91 bits per heavy atom. The van der Waals surface area contributed by atoms with Crippen molar-refractivity contribution in [3.63, 3.8) is 0 Å². The maximum absolute atomic E-state index is 12.9. The van der Waals surface area contributed by atoms with Gasteiger partial charge >= 0.3 is 0 Å². The molecule has 0 spiro atoms. The van der Waals surface area contributed by atoms with Gasteiger partial charge in [-0.1, -0.05) is 24.7 Å². The fraction of sp³-hybridized carbons (Fsp3) is 0.464. The van der Waals surface area contributed by atoms with E-state index in [0.29, 0.717) is 41.9 Å². The molecule has 1 atom stereocenters. The van der Waals surface area contributed by atoms with Crippen LogP contribution in [0.3, 0.4) is 0 Å². The zero-order chi connectivity index (χ0) is 22.6. The molecule has 2 aliphatic carbocycles. The number of nitrogens with one attached hydrogen (secondary N) is 1. The van der Waals surface area contributed by atoms with Gasteiger partial charge in [-0.25, -0.2) is 0 Å². The molecule has 5 nitrogen and oxygen atoms in total. The Balaban J connectivity index is 1.18. The van der Waals surface area contributed by atoms with Gasteiger partial charge in [0.15, 0.2) is 17.6 Å². The van der Waals surface area contributed by atoms with E-state index in [0.717, 1.165) is 23.7 Å². The van der Waals surface area contributed by atoms with Crippen LogP contribution < -0.4 is 14.8 Å². The molecule has 2 aromatic rings. The van der Waals surface area contributed by atoms with E-state index in [4.69, 9.17) is 14.2 Å². The summed E-state index contributed by atoms with van der Waals surface area (Å²) in [6, 6.07) is 11.3. The molecule has 5 rings (SSSR count). The number of hydrogen-bond acceptors (Lipinski definition) is 4. The van der Waals surface area contributed by atoms with E-state index < -0.39 is 0 Å². The number of anilines is 1. The van der Waals surface area contributed by atoms with Crippen molar-refractivity contribution >= 4 is 11.6 Å². The predicted molar refractivity (Wildman–Crippen MR) is 128 cm³/mol. The van der Waals surface area contributed by atoms with Crippen molar-refractivity contribution < 1.29 is 19.0 Å². The maximum atomic E-state index is 12.9. The molecule has 172 valence electrons. The highest BCUT2D eigenvalue weighted by Gasteiger charge is 2.25. The minimum atomic E-state index is -0.147. The number of ether oxygens (including phenoxy) is 3. The Hall–Kier alpha value is -2.97. The number of benzene rings is 2. The molecular formula is C28H31NO4. The van der Waals surface area contributed by atoms with Gasteiger partial charge < -0.3 is 19.5 Å². The second-order valence-corrected chi connectivity index (χ2v) is 9.43. The predicted octanol–water partition coefficient (Wildman–Crippen LogP) is 5.36. The first-order valence-corrected chi connectivity index (χ1v) is 12.1. The summed E-state index contributed by atoms with van der Waals surface area (Å²) < 4.78 is 17.6. The molecule has 0 saturated heterocycles. The second-order valence-electron chi connectivity index (χ2n) is 9.43. The Morgan fingerprint density at radius 3 is 2.70 bits per heavy atom. The molecule has 1 heterocycles. The highest BCUT2D eigenvalue weighted by atomic mass is 16.6. The molecule has 33 heavy (non-hydrogen) atoms. The number of rotatable bonds is 6. The molecule has 0 bridgehead atoms. The number of aryl methyl sites for hydroxylation is 1. The van der Waals surface area contributed by atoms with Crippen LogP contribution in [0.25, 0.3) is 0 Å². The van der Waals surface area contributed by atoms with Crippen LogP contribution in [0.5, 0.6) is 11.5 Å². The van der Waals surface area contributed by atoms with Crippen molar-refractivity contribution in [3.05, 3.63) is 53.1 Å². The topological polar surface area (TPSA) is 56.8 Å². The van der Waals surface area contributed by atoms with Crippen LogP contribution in [0.15, 0.2) is 36.4 Å². The van der Waals surface area contributed by atoms with Gasteiger partial charge in [0, 0.05) is 35.4 Å². The quantitative estimate of drug-likeness (QED) is 0.609. The average Bonchev–Trinajstić information content (AvgIpc) is 3.49. The summed E-state index contributed by atoms with van der Waals surface area (Å²) >= 11 is 0. The van der Waals surface area contributed by atoms with Crippen molar-refractivity contribution in [3.8, 4) is 23.3 Å². The maximum Gasteiger partial charge on any atom is 0.255 e. The largest absolute Gasteiger partial charge is 0.486 e. The monoisotopic (exact) mass is 445 g/mol. The molecule has 2 aromatic carbocycles. The first kappa shape index (κ1) is 21.9. The van der Waals surface area contributed by atoms with Gasteiger partial charge in [0.1, 0.15) is 6.61 Å². The Kier molecular flexibility index (Phi) is 6.55. The van der Waals surface area contributed by atoms with Gasteiger partial charge in [-0.3, -0.25) is 4.79 Å². The first-order chi connectivity index (χ1) is 16.1. The van der Waals surface area contributed by atoms with Crippen LogP contribution >= 0.6 is 0 Å². The van der Waals surface area contributed by atoms with Crippen molar-refractivity contribution in [2.24, 2.45) is 11.8 Å². The molecule has 1 amide bonds. The summed E-state index contributed by atoms with van der Waals surface area (Å²) in [5, 5.41) is 2.98. The van der Waals surface area contributed by atoms with Crippen LogP contribution in [-0.4, -0.2) is 31.8 Å². The highest BCUT2D eigenvalue weighted by molar-refractivity contribution is 6.05. The number of hydrogen-bond donors (Lipinski definition) is 1. The summed E-state index contributed by atoms with van der Waals surface area (Å²) in [6.07, 6.45) is 7.43. The third-order valence-electron chi connectivity index (χ3n) is 6.52. The second kappa shape index (κ2) is 9.89. The van der Waals surface area contributed by atoms with Crippen molar-refractivity contribution in [2.45, 2.75) is 51.6 Å². The van der Waals surface area contributed by atoms with E-state index in [1.54, 1.807) is 0 Å². The summed E-state index contributed by atoms with van der Waals surface area (Å²) in [7, 11) is 0. The molecule has 2 saturated carbocycles. The third-order valence-corrected chi connectivity index (χ3v) is 6.52. The van der Waals surface area contributed by atoms with Gasteiger partial charge in [-0.2, -0.15) is 0 Å². The van der Waals surface area contributed by atoms with Crippen molar-refractivity contribution in [1.82, 2.24) is 0 Å². The Bertz CT molecular complexity index is 1070. The van der Waals surface area contributed by atoms with E-state index in [1.165, 1.54) is 38.5 Å². The van der Waals surface area contributed by atoms with Crippen molar-refractivity contribution in [2.75, 3.05) is 25.1 Å². The first-order valence-electron chi connectivity index (χ1n) is 12.1. The number of carbonyl (C=O) groups excluding carboxylic acids is 1. The van der Waals surface area contributed by atoms with Crippen LogP contribution in [0.1, 0.15) is 60.0 Å². The normalized spacial score (nSPS) is 19.6. The van der Waals surface area contributed by atoms with E-state index in [1.807, 2.05) is 43.3 Å². The van der Waals surface area contributed by atoms with E-state index in [-0.39, 0.29) is 12.0 Å². The fourth-order valence-corrected chi connectivity index (χ4v) is 4.38. The van der Waals surface area contributed by atoms with Gasteiger partial charge in [0.2, 0.25) is 0 Å². The summed E-state index contributed by atoms with van der Waals surface area (Å²) in [6.45, 7) is 3.74. The Morgan fingerprint density at radius 1 is 1.06 bits per heavy atom. The van der Waals surface area contributed by atoms with Gasteiger partial charge in [-0.15, -0.1) is 0 Å². The molecule has 1 aliphatic heterocycles. The lowest BCUT2D eigenvalue weighted by Crippen LogP contribution is -2.33. The lowest BCUT2D eigenvalue weighted by Gasteiger charge is -2.26. The molecule has 0 aromatic heterocycles. The van der Waals surface area contributed by atoms with Crippen LogP contribution in [0.2, 0.25) is 0 Å². The standard InChI is InChI=1S/C28H31NO4/c1-19-14-21(7-6-20-4-2-3-5-20)10-12-25(19)28(30)29-23-11-13-26-27(15-23)32-18-24(33-26)17-31-16-22-8-9-22/h10-15,20,22,24H,2-5,8-9,16-18H2,1H3,(H,29,30). The zero-order valence-corrected chi connectivity index (χ0v) is 19.2. The minimum absolute atomic E-state index is 0.102. The molecule has 1 N–H and O–H groups in total. The van der Waals surface area contributed by atoms with E-state index in [9.17, 15) is 4.79 Å². The lowest BCUT2D eigenvalue weighted by molar-refractivity contribution is 0.00576. The van der Waals surface area contributed by atoms with E-state index >= 15 is 0 Å². The van der Waals surface area contributed by atoms with Crippen molar-refractivity contribution in [1.29, 1.82) is 0 Å². The SMILES string of the molecule is Cc1cc(C#CC2CCCC2)ccc1C(=O)Nc1ccc2c(c1)OCC(COCC1CC1)O2. The number of amides is 1. The van der Waals surface area contributed by atoms with Gasteiger partial charge in [-0.05, 0) is 74.4 Å². The zero-order valence-electron chi connectivity index (χ0n) is 19.2. The van der Waals surface area contributed by atoms with Gasteiger partial charge in [0.25, 0.3) is 5.91 Å². The van der Waals surface area contributed by atoms with Crippen LogP contribution in [0, 0.1) is 30.6 Å². The van der Waals surface area contributed by atoms with Crippen LogP contribution in [-0.2, 0) is 4.74 Å². The smallest absolute Gasteiger partial charge is 0.255 e. The summed E-state index contributed by atoms with van der Waals surface area (Å²) in [4.78, 5) is 12.9. The lowest BCUT2D eigenvalue weighted by atomic mass is 10.0. The summed E-state index contributed by atoms with van der Waals surface area (Å²) in [5.74, 6) is 9.09. The molecule has 3 aliphatic rings. The molecule has 5 heteroatoms. The fourth-order valence-electron chi connectivity index (χ4n) is 4.38. The highest BCUT2D eigenvalue weighted by Crippen LogP contribution is 2.35. The number of carbonyl (C=O) groups is 1. The van der Waals surface area contributed by atoms with Gasteiger partial charge in [0.05, 0.1) is 6.61 Å². The molecule has 0 radical (unpaired) electrons. The minimum Gasteiger partial charge on any atom is -0.486 e. The van der Waals surface area contributed by atoms with E-state index in [2.05, 4.69) is 17.2 Å². The molecule has 2 fully saturated rings. The number of fused-ring (bicyclic) bond motifs is 1. The third kappa shape index (κ3) is 5.69. The average molecular weight is 446 g/mol. The molecular weight excluding hydrogens is 414 g/mol. The van der Waals surface area contributed by atoms with Crippen LogP contribution in [0.4, 0.5) is 5.69 Å². The Labute approximate surface area is 195 Å². The summed E-state index contributed by atoms with van der Waals surface area (Å²) in [5.41, 5.74) is 3.20. The molecule has 1 unspecified atom stereocenters.